The van der Waals surface area contributed by atoms with Crippen LogP contribution in [0.1, 0.15) is 35.9 Å². The Labute approximate surface area is 94.2 Å². The molecule has 0 spiro atoms. The number of fused-ring (bicyclic) bond motifs is 1. The summed E-state index contributed by atoms with van der Waals surface area (Å²) in [5.74, 6) is 0.647. The van der Waals surface area contributed by atoms with Gasteiger partial charge in [-0.2, -0.15) is 0 Å². The van der Waals surface area contributed by atoms with Gasteiger partial charge >= 0.3 is 0 Å². The van der Waals surface area contributed by atoms with Crippen LogP contribution in [0.3, 0.4) is 0 Å². The Hall–Kier alpha value is -1.61. The fourth-order valence-electron chi connectivity index (χ4n) is 1.66. The van der Waals surface area contributed by atoms with Gasteiger partial charge in [-0.1, -0.05) is 19.9 Å². The smallest absolute Gasteiger partial charge is 0.211 e. The van der Waals surface area contributed by atoms with E-state index in [2.05, 4.69) is 19.9 Å². The fourth-order valence-corrected chi connectivity index (χ4v) is 1.66. The molecule has 0 unspecified atom stereocenters. The lowest BCUT2D eigenvalue weighted by molar-refractivity contribution is 0.0977. The average Bonchev–Trinajstić information content (AvgIpc) is 2.70. The van der Waals surface area contributed by atoms with Crippen LogP contribution in [-0.4, -0.2) is 12.3 Å². The van der Waals surface area contributed by atoms with E-state index in [0.717, 1.165) is 11.0 Å². The van der Waals surface area contributed by atoms with Crippen LogP contribution in [0.2, 0.25) is 0 Å². The summed E-state index contributed by atoms with van der Waals surface area (Å²) in [4.78, 5) is 11.4. The molecule has 2 N–H and O–H groups in total. The first-order valence-corrected chi connectivity index (χ1v) is 5.38. The Morgan fingerprint density at radius 3 is 2.75 bits per heavy atom. The summed E-state index contributed by atoms with van der Waals surface area (Å²) in [5.41, 5.74) is 7.27. The number of carbonyl (C=O) groups excluding carboxylic acids is 1. The van der Waals surface area contributed by atoms with E-state index in [-0.39, 0.29) is 12.3 Å². The molecule has 2 aromatic rings. The maximum atomic E-state index is 11.4. The maximum Gasteiger partial charge on any atom is 0.211 e. The third-order valence-corrected chi connectivity index (χ3v) is 2.67. The molecule has 3 nitrogen and oxygen atoms in total. The third kappa shape index (κ3) is 1.86. The van der Waals surface area contributed by atoms with Crippen LogP contribution in [-0.2, 0) is 0 Å². The number of furan rings is 1. The molecule has 0 fully saturated rings. The van der Waals surface area contributed by atoms with Gasteiger partial charge < -0.3 is 10.2 Å². The number of ketones is 1. The van der Waals surface area contributed by atoms with E-state index in [1.54, 1.807) is 6.07 Å². The van der Waals surface area contributed by atoms with E-state index in [9.17, 15) is 4.79 Å². The molecule has 1 heterocycles. The molecule has 1 aromatic carbocycles. The van der Waals surface area contributed by atoms with Gasteiger partial charge in [0.1, 0.15) is 5.58 Å². The number of benzene rings is 1. The summed E-state index contributed by atoms with van der Waals surface area (Å²) in [6.45, 7) is 4.25. The predicted octanol–water partition coefficient (Wildman–Crippen LogP) is 2.70. The lowest BCUT2D eigenvalue weighted by atomic mass is 10.0. The minimum atomic E-state index is -0.165. The quantitative estimate of drug-likeness (QED) is 0.804. The molecule has 0 atom stereocenters. The van der Waals surface area contributed by atoms with Crippen molar-refractivity contribution in [3.8, 4) is 0 Å². The van der Waals surface area contributed by atoms with Gasteiger partial charge in [-0.25, -0.2) is 0 Å². The van der Waals surface area contributed by atoms with E-state index >= 15 is 0 Å². The monoisotopic (exact) mass is 217 g/mol. The summed E-state index contributed by atoms with van der Waals surface area (Å²) in [5, 5.41) is 0.961. The zero-order chi connectivity index (χ0) is 11.7. The van der Waals surface area contributed by atoms with Crippen molar-refractivity contribution in [1.29, 1.82) is 0 Å². The highest BCUT2D eigenvalue weighted by atomic mass is 16.3. The highest BCUT2D eigenvalue weighted by Crippen LogP contribution is 2.24. The van der Waals surface area contributed by atoms with Gasteiger partial charge in [-0.05, 0) is 29.7 Å². The second-order valence-electron chi connectivity index (χ2n) is 4.19. The lowest BCUT2D eigenvalue weighted by Gasteiger charge is -2.03. The van der Waals surface area contributed by atoms with E-state index < -0.39 is 0 Å². The molecule has 0 radical (unpaired) electrons. The molecule has 2 rings (SSSR count). The number of Topliss-reactive ketones (excluding diaryl/α,β-unsaturated/α-hetero) is 1. The van der Waals surface area contributed by atoms with Gasteiger partial charge in [0.25, 0.3) is 0 Å². The largest absolute Gasteiger partial charge is 0.453 e. The molecule has 0 saturated carbocycles. The number of carbonyl (C=O) groups is 1. The SMILES string of the molecule is CC(C)c1ccc2oc(C(=O)CN)cc2c1. The zero-order valence-corrected chi connectivity index (χ0v) is 9.49. The summed E-state index contributed by atoms with van der Waals surface area (Å²) in [6.07, 6.45) is 0. The Bertz CT molecular complexity index is 526. The van der Waals surface area contributed by atoms with Crippen molar-refractivity contribution >= 4 is 16.8 Å². The van der Waals surface area contributed by atoms with Gasteiger partial charge in [-0.15, -0.1) is 0 Å². The molecule has 0 aliphatic heterocycles. The van der Waals surface area contributed by atoms with Crippen molar-refractivity contribution in [3.63, 3.8) is 0 Å². The van der Waals surface area contributed by atoms with Gasteiger partial charge in [0, 0.05) is 5.39 Å². The number of nitrogens with two attached hydrogens (primary N) is 1. The minimum Gasteiger partial charge on any atom is -0.453 e. The molecule has 1 aromatic heterocycles. The van der Waals surface area contributed by atoms with Crippen LogP contribution in [0, 0.1) is 0 Å². The van der Waals surface area contributed by atoms with Crippen LogP contribution in [0.4, 0.5) is 0 Å². The van der Waals surface area contributed by atoms with Crippen molar-refractivity contribution < 1.29 is 9.21 Å². The van der Waals surface area contributed by atoms with Crippen LogP contribution < -0.4 is 5.73 Å². The third-order valence-electron chi connectivity index (χ3n) is 2.67. The predicted molar refractivity (Wildman–Crippen MR) is 63.7 cm³/mol. The summed E-state index contributed by atoms with van der Waals surface area (Å²) in [6, 6.07) is 7.73. The van der Waals surface area contributed by atoms with Crippen molar-refractivity contribution in [2.45, 2.75) is 19.8 Å². The molecule has 0 aliphatic rings. The maximum absolute atomic E-state index is 11.4. The van der Waals surface area contributed by atoms with E-state index in [1.807, 2.05) is 12.1 Å². The Morgan fingerprint density at radius 1 is 1.38 bits per heavy atom. The van der Waals surface area contributed by atoms with Gasteiger partial charge in [-0.3, -0.25) is 4.79 Å². The summed E-state index contributed by atoms with van der Waals surface area (Å²) >= 11 is 0. The first-order chi connectivity index (χ1) is 7.61. The highest BCUT2D eigenvalue weighted by Gasteiger charge is 2.11. The molecule has 3 heteroatoms. The van der Waals surface area contributed by atoms with E-state index in [0.29, 0.717) is 11.7 Å². The molecular formula is C13H15NO2. The molecule has 84 valence electrons. The Balaban J connectivity index is 2.50. The molecule has 0 aliphatic carbocycles. The molecule has 0 saturated heterocycles. The number of hydrogen-bond acceptors (Lipinski definition) is 3. The summed E-state index contributed by atoms with van der Waals surface area (Å²) in [7, 11) is 0. The lowest BCUT2D eigenvalue weighted by Crippen LogP contribution is -2.12. The second-order valence-corrected chi connectivity index (χ2v) is 4.19. The normalized spacial score (nSPS) is 11.2. The second kappa shape index (κ2) is 4.10. The summed E-state index contributed by atoms with van der Waals surface area (Å²) < 4.78 is 5.43. The van der Waals surface area contributed by atoms with Crippen molar-refractivity contribution in [2.24, 2.45) is 5.73 Å². The minimum absolute atomic E-state index is 0.0170. The number of rotatable bonds is 3. The number of hydrogen-bond donors (Lipinski definition) is 1. The van der Waals surface area contributed by atoms with Crippen LogP contribution >= 0.6 is 0 Å². The first-order valence-electron chi connectivity index (χ1n) is 5.38. The van der Waals surface area contributed by atoms with Gasteiger partial charge in [0.2, 0.25) is 5.78 Å². The highest BCUT2D eigenvalue weighted by molar-refractivity contribution is 5.98. The fraction of sp³-hybridized carbons (Fsp3) is 0.308. The van der Waals surface area contributed by atoms with Crippen LogP contribution in [0.5, 0.6) is 0 Å². The average molecular weight is 217 g/mol. The standard InChI is InChI=1S/C13H15NO2/c1-8(2)9-3-4-12-10(5-9)6-13(16-12)11(15)7-14/h3-6,8H,7,14H2,1-2H3. The molecule has 16 heavy (non-hydrogen) atoms. The van der Waals surface area contributed by atoms with Crippen LogP contribution in [0.25, 0.3) is 11.0 Å². The molecule has 0 bridgehead atoms. The van der Waals surface area contributed by atoms with Crippen molar-refractivity contribution in [3.05, 3.63) is 35.6 Å². The first kappa shape index (κ1) is 10.9. The Kier molecular flexibility index (Phi) is 2.79. The van der Waals surface area contributed by atoms with Crippen molar-refractivity contribution in [2.75, 3.05) is 6.54 Å². The van der Waals surface area contributed by atoms with E-state index in [1.165, 1.54) is 5.56 Å². The van der Waals surface area contributed by atoms with Crippen LogP contribution in [0.15, 0.2) is 28.7 Å². The van der Waals surface area contributed by atoms with Gasteiger partial charge in [0.15, 0.2) is 5.76 Å². The van der Waals surface area contributed by atoms with Gasteiger partial charge in [0.05, 0.1) is 6.54 Å². The Morgan fingerprint density at radius 2 is 2.12 bits per heavy atom. The van der Waals surface area contributed by atoms with E-state index in [4.69, 9.17) is 10.2 Å². The molecular weight excluding hydrogens is 202 g/mol. The topological polar surface area (TPSA) is 56.2 Å². The molecule has 0 amide bonds. The zero-order valence-electron chi connectivity index (χ0n) is 9.49. The van der Waals surface area contributed by atoms with Crippen molar-refractivity contribution in [1.82, 2.24) is 0 Å².